The minimum Gasteiger partial charge on any atom is -0.493 e. The first-order valence-corrected chi connectivity index (χ1v) is 11.0. The predicted octanol–water partition coefficient (Wildman–Crippen LogP) is 2.24. The molecule has 0 bridgehead atoms. The zero-order chi connectivity index (χ0) is 21.3. The first-order chi connectivity index (χ1) is 14.5. The van der Waals surface area contributed by atoms with E-state index in [1.54, 1.807) is 21.3 Å². The Bertz CT molecular complexity index is 775. The number of nitrogens with zero attached hydrogens (tertiary/aromatic N) is 1. The van der Waals surface area contributed by atoms with E-state index in [0.29, 0.717) is 26.1 Å². The van der Waals surface area contributed by atoms with Crippen LogP contribution in [0.2, 0.25) is 0 Å². The molecule has 30 heavy (non-hydrogen) atoms. The number of methoxy groups -OCH3 is 3. The van der Waals surface area contributed by atoms with Gasteiger partial charge in [-0.15, -0.1) is 0 Å². The van der Waals surface area contributed by atoms with E-state index in [0.717, 1.165) is 43.6 Å². The van der Waals surface area contributed by atoms with Crippen LogP contribution >= 0.6 is 0 Å². The van der Waals surface area contributed by atoms with Crippen LogP contribution < -0.4 is 15.2 Å². The van der Waals surface area contributed by atoms with Crippen LogP contribution in [0.5, 0.6) is 11.5 Å². The standard InChI is InChI=1S/C23H34N2O5/c1-27-19-13-16(4-5-18(19)24)22(26)25-9-7-23(8-10-25)17-14-21(29-3)20(28-2)12-15(17)6-11-30-23/h12,14,16,18-19H,4-11,13,24H2,1-3H3/t16-,18-,19-/m0/s1. The number of ether oxygens (including phenoxy) is 4. The van der Waals surface area contributed by atoms with Crippen molar-refractivity contribution in [1.82, 2.24) is 4.90 Å². The zero-order valence-corrected chi connectivity index (χ0v) is 18.3. The lowest BCUT2D eigenvalue weighted by atomic mass is 9.78. The summed E-state index contributed by atoms with van der Waals surface area (Å²) < 4.78 is 22.9. The Morgan fingerprint density at radius 3 is 2.50 bits per heavy atom. The molecule has 2 aliphatic heterocycles. The van der Waals surface area contributed by atoms with Crippen LogP contribution in [0.1, 0.15) is 43.2 Å². The van der Waals surface area contributed by atoms with Gasteiger partial charge in [-0.25, -0.2) is 0 Å². The molecule has 1 aromatic rings. The molecule has 0 radical (unpaired) electrons. The highest BCUT2D eigenvalue weighted by atomic mass is 16.5. The molecule has 1 amide bonds. The van der Waals surface area contributed by atoms with E-state index in [9.17, 15) is 4.79 Å². The third-order valence-corrected chi connectivity index (χ3v) is 7.23. The zero-order valence-electron chi connectivity index (χ0n) is 18.3. The van der Waals surface area contributed by atoms with Crippen LogP contribution in [-0.2, 0) is 26.3 Å². The van der Waals surface area contributed by atoms with E-state index in [1.165, 1.54) is 11.1 Å². The fourth-order valence-electron chi connectivity index (χ4n) is 5.39. The van der Waals surface area contributed by atoms with Crippen LogP contribution in [0.3, 0.4) is 0 Å². The number of rotatable bonds is 4. The van der Waals surface area contributed by atoms with Crippen molar-refractivity contribution in [3.05, 3.63) is 23.3 Å². The normalized spacial score (nSPS) is 28.1. The summed E-state index contributed by atoms with van der Waals surface area (Å²) in [6.07, 6.45) is 4.82. The number of likely N-dealkylation sites (tertiary alicyclic amines) is 1. The van der Waals surface area contributed by atoms with Gasteiger partial charge in [-0.05, 0) is 61.8 Å². The predicted molar refractivity (Wildman–Crippen MR) is 113 cm³/mol. The lowest BCUT2D eigenvalue weighted by Gasteiger charge is -2.46. The Morgan fingerprint density at radius 1 is 1.13 bits per heavy atom. The minimum absolute atomic E-state index is 0.00714. The maximum Gasteiger partial charge on any atom is 0.225 e. The number of nitrogens with two attached hydrogens (primary N) is 1. The molecule has 3 atom stereocenters. The summed E-state index contributed by atoms with van der Waals surface area (Å²) >= 11 is 0. The molecule has 7 nitrogen and oxygen atoms in total. The monoisotopic (exact) mass is 418 g/mol. The minimum atomic E-state index is -0.353. The molecule has 166 valence electrons. The van der Waals surface area contributed by atoms with Crippen molar-refractivity contribution < 1.29 is 23.7 Å². The van der Waals surface area contributed by atoms with Gasteiger partial charge >= 0.3 is 0 Å². The summed E-state index contributed by atoms with van der Waals surface area (Å²) in [7, 11) is 5.00. The van der Waals surface area contributed by atoms with E-state index in [1.807, 2.05) is 4.90 Å². The van der Waals surface area contributed by atoms with Crippen molar-refractivity contribution in [2.75, 3.05) is 41.0 Å². The van der Waals surface area contributed by atoms with Gasteiger partial charge in [0.2, 0.25) is 5.91 Å². The number of benzene rings is 1. The molecule has 1 spiro atoms. The van der Waals surface area contributed by atoms with Gasteiger partial charge in [0.1, 0.15) is 0 Å². The Hall–Kier alpha value is -1.83. The SMILES string of the molecule is COc1cc2c(cc1OC)C1(CCN(C(=O)[C@H]3CC[C@H](N)[C@@H](OC)C3)CC1)OCC2. The average Bonchev–Trinajstić information content (AvgIpc) is 2.79. The summed E-state index contributed by atoms with van der Waals surface area (Å²) in [5, 5.41) is 0. The second-order valence-corrected chi connectivity index (χ2v) is 8.73. The van der Waals surface area contributed by atoms with Crippen molar-refractivity contribution in [3.8, 4) is 11.5 Å². The van der Waals surface area contributed by atoms with E-state index in [-0.39, 0.29) is 29.6 Å². The number of hydrogen-bond acceptors (Lipinski definition) is 6. The number of amides is 1. The smallest absolute Gasteiger partial charge is 0.225 e. The van der Waals surface area contributed by atoms with Crippen molar-refractivity contribution in [3.63, 3.8) is 0 Å². The molecular weight excluding hydrogens is 384 g/mol. The van der Waals surface area contributed by atoms with Crippen LogP contribution in [-0.4, -0.2) is 64.0 Å². The van der Waals surface area contributed by atoms with Crippen LogP contribution in [0.25, 0.3) is 0 Å². The highest BCUT2D eigenvalue weighted by molar-refractivity contribution is 5.79. The van der Waals surface area contributed by atoms with E-state index in [2.05, 4.69) is 12.1 Å². The van der Waals surface area contributed by atoms with Crippen LogP contribution in [0.15, 0.2) is 12.1 Å². The first kappa shape index (κ1) is 21.4. The summed E-state index contributed by atoms with van der Waals surface area (Å²) in [6.45, 7) is 2.09. The molecule has 2 fully saturated rings. The molecule has 1 aliphatic carbocycles. The molecular formula is C23H34N2O5. The van der Waals surface area contributed by atoms with Gasteiger partial charge in [0.15, 0.2) is 11.5 Å². The molecule has 4 rings (SSSR count). The van der Waals surface area contributed by atoms with Gasteiger partial charge in [0.25, 0.3) is 0 Å². The van der Waals surface area contributed by atoms with Gasteiger partial charge in [-0.2, -0.15) is 0 Å². The Morgan fingerprint density at radius 2 is 1.83 bits per heavy atom. The first-order valence-electron chi connectivity index (χ1n) is 11.0. The van der Waals surface area contributed by atoms with Crippen molar-refractivity contribution in [1.29, 1.82) is 0 Å². The quantitative estimate of drug-likeness (QED) is 0.807. The van der Waals surface area contributed by atoms with Gasteiger partial charge in [-0.3, -0.25) is 4.79 Å². The van der Waals surface area contributed by atoms with E-state index >= 15 is 0 Å². The molecule has 1 aromatic carbocycles. The topological polar surface area (TPSA) is 83.3 Å². The summed E-state index contributed by atoms with van der Waals surface area (Å²) in [5.41, 5.74) is 8.21. The van der Waals surface area contributed by atoms with Gasteiger partial charge in [-0.1, -0.05) is 0 Å². The third-order valence-electron chi connectivity index (χ3n) is 7.23. The van der Waals surface area contributed by atoms with Gasteiger partial charge in [0, 0.05) is 32.2 Å². The third kappa shape index (κ3) is 3.79. The summed E-state index contributed by atoms with van der Waals surface area (Å²) in [5.74, 6) is 1.72. The highest BCUT2D eigenvalue weighted by Crippen LogP contribution is 2.45. The molecule has 3 aliphatic rings. The number of carbonyl (C=O) groups excluding carboxylic acids is 1. The number of fused-ring (bicyclic) bond motifs is 2. The second kappa shape index (κ2) is 8.73. The second-order valence-electron chi connectivity index (χ2n) is 8.73. The molecule has 0 aromatic heterocycles. The van der Waals surface area contributed by atoms with Crippen molar-refractivity contribution >= 4 is 5.91 Å². The Balaban J connectivity index is 1.48. The fourth-order valence-corrected chi connectivity index (χ4v) is 5.39. The van der Waals surface area contributed by atoms with E-state index < -0.39 is 0 Å². The number of carbonyl (C=O) groups is 1. The molecule has 0 unspecified atom stereocenters. The summed E-state index contributed by atoms with van der Waals surface area (Å²) in [6, 6.07) is 4.17. The lowest BCUT2D eigenvalue weighted by Crippen LogP contribution is -2.51. The summed E-state index contributed by atoms with van der Waals surface area (Å²) in [4.78, 5) is 15.2. The highest BCUT2D eigenvalue weighted by Gasteiger charge is 2.44. The number of hydrogen-bond donors (Lipinski definition) is 1. The largest absolute Gasteiger partial charge is 0.493 e. The Kier molecular flexibility index (Phi) is 6.23. The maximum atomic E-state index is 13.2. The molecule has 7 heteroatoms. The van der Waals surface area contributed by atoms with Gasteiger partial charge in [0.05, 0.1) is 32.5 Å². The van der Waals surface area contributed by atoms with E-state index in [4.69, 9.17) is 24.7 Å². The fraction of sp³-hybridized carbons (Fsp3) is 0.696. The Labute approximate surface area is 178 Å². The lowest BCUT2D eigenvalue weighted by molar-refractivity contribution is -0.147. The number of piperidine rings is 1. The maximum absolute atomic E-state index is 13.2. The molecule has 1 saturated carbocycles. The van der Waals surface area contributed by atoms with Crippen LogP contribution in [0.4, 0.5) is 0 Å². The van der Waals surface area contributed by atoms with Gasteiger partial charge < -0.3 is 29.6 Å². The average molecular weight is 419 g/mol. The molecule has 2 N–H and O–H groups in total. The van der Waals surface area contributed by atoms with Crippen molar-refractivity contribution in [2.45, 2.75) is 56.3 Å². The molecule has 2 heterocycles. The van der Waals surface area contributed by atoms with Crippen molar-refractivity contribution in [2.24, 2.45) is 11.7 Å². The van der Waals surface area contributed by atoms with Crippen LogP contribution in [0, 0.1) is 5.92 Å². The molecule has 1 saturated heterocycles.